The topological polar surface area (TPSA) is 40.5 Å². The third kappa shape index (κ3) is 3.89. The standard InChI is InChI=1S/C31H54O2/c1-8-30(33)19-18-28(6)23(20-30)11-12-26-25(28)14-16-29(7)24(15-17-31(26,29)9-2)22(5)10-13-27(32)21(3)4/h9,21-27,32-33H,2,8,10-20H2,1,3-7H3/t22-,23+,24-,25+,26-,27+,28+,29-,30+,31?/m1/s1. The van der Waals surface area contributed by atoms with Gasteiger partial charge in [-0.05, 0) is 129 Å². The number of aliphatic hydroxyl groups is 2. The molecule has 0 saturated heterocycles. The lowest BCUT2D eigenvalue weighted by Gasteiger charge is -2.66. The fourth-order valence-electron chi connectivity index (χ4n) is 10.1. The lowest BCUT2D eigenvalue weighted by Crippen LogP contribution is -2.59. The Morgan fingerprint density at radius 2 is 1.67 bits per heavy atom. The molecule has 4 fully saturated rings. The molecule has 0 amide bonds. The van der Waals surface area contributed by atoms with Gasteiger partial charge in [-0.15, -0.1) is 6.58 Å². The summed E-state index contributed by atoms with van der Waals surface area (Å²) in [6.45, 7) is 18.7. The Morgan fingerprint density at radius 3 is 2.30 bits per heavy atom. The van der Waals surface area contributed by atoms with Crippen LogP contribution in [0.4, 0.5) is 0 Å². The smallest absolute Gasteiger partial charge is 0.0648 e. The van der Waals surface area contributed by atoms with Gasteiger partial charge in [-0.2, -0.15) is 0 Å². The summed E-state index contributed by atoms with van der Waals surface area (Å²) in [5, 5.41) is 21.5. The van der Waals surface area contributed by atoms with E-state index in [0.717, 1.165) is 49.9 Å². The molecule has 0 aliphatic heterocycles. The molecule has 10 atom stereocenters. The van der Waals surface area contributed by atoms with Gasteiger partial charge in [0.25, 0.3) is 0 Å². The highest BCUT2D eigenvalue weighted by molar-refractivity contribution is 5.21. The zero-order valence-corrected chi connectivity index (χ0v) is 22.7. The van der Waals surface area contributed by atoms with Crippen LogP contribution in [0.15, 0.2) is 12.7 Å². The molecule has 0 heterocycles. The fraction of sp³-hybridized carbons (Fsp3) is 0.935. The van der Waals surface area contributed by atoms with Crippen LogP contribution in [0.2, 0.25) is 0 Å². The molecule has 190 valence electrons. The van der Waals surface area contributed by atoms with Gasteiger partial charge in [0.2, 0.25) is 0 Å². The second-order valence-electron chi connectivity index (χ2n) is 14.0. The summed E-state index contributed by atoms with van der Waals surface area (Å²) in [4.78, 5) is 0. The molecule has 1 unspecified atom stereocenters. The first-order chi connectivity index (χ1) is 15.5. The number of allylic oxidation sites excluding steroid dienone is 1. The first-order valence-electron chi connectivity index (χ1n) is 14.5. The lowest BCUT2D eigenvalue weighted by molar-refractivity contribution is -0.171. The van der Waals surface area contributed by atoms with E-state index in [1.165, 1.54) is 44.9 Å². The van der Waals surface area contributed by atoms with Crippen molar-refractivity contribution < 1.29 is 10.2 Å². The van der Waals surface area contributed by atoms with Crippen molar-refractivity contribution in [2.75, 3.05) is 0 Å². The molecule has 2 N–H and O–H groups in total. The predicted octanol–water partition coefficient (Wildman–Crippen LogP) is 7.78. The second-order valence-corrected chi connectivity index (χ2v) is 14.0. The molecule has 4 aliphatic carbocycles. The molecular weight excluding hydrogens is 404 g/mol. The van der Waals surface area contributed by atoms with Crippen molar-refractivity contribution in [2.45, 2.75) is 130 Å². The summed E-state index contributed by atoms with van der Waals surface area (Å²) in [5.41, 5.74) is 0.607. The SMILES string of the molecule is C=CC12CC[C@H]([C@H](C)CC[C@H](O)C(C)C)[C@@]1(C)CC[C@H]1[C@H]2CC[C@H]2C[C@](O)(CC)CC[C@@]21C. The Balaban J connectivity index is 1.56. The highest BCUT2D eigenvalue weighted by atomic mass is 16.3. The Bertz CT molecular complexity index is 716. The Morgan fingerprint density at radius 1 is 0.939 bits per heavy atom. The number of aliphatic hydroxyl groups excluding tert-OH is 1. The number of hydrogen-bond donors (Lipinski definition) is 2. The van der Waals surface area contributed by atoms with Gasteiger partial charge in [0.1, 0.15) is 0 Å². The molecule has 0 aromatic rings. The van der Waals surface area contributed by atoms with Gasteiger partial charge in [-0.1, -0.05) is 47.6 Å². The molecule has 4 aliphatic rings. The van der Waals surface area contributed by atoms with Gasteiger partial charge in [0.05, 0.1) is 11.7 Å². The zero-order valence-electron chi connectivity index (χ0n) is 22.7. The van der Waals surface area contributed by atoms with Crippen LogP contribution in [0.1, 0.15) is 119 Å². The maximum absolute atomic E-state index is 11.1. The molecule has 0 radical (unpaired) electrons. The lowest BCUT2D eigenvalue weighted by atomic mass is 9.39. The van der Waals surface area contributed by atoms with Gasteiger partial charge in [-0.25, -0.2) is 0 Å². The van der Waals surface area contributed by atoms with Crippen LogP contribution in [0.3, 0.4) is 0 Å². The van der Waals surface area contributed by atoms with Crippen molar-refractivity contribution in [3.63, 3.8) is 0 Å². The van der Waals surface area contributed by atoms with Crippen molar-refractivity contribution in [3.05, 3.63) is 12.7 Å². The molecule has 2 nitrogen and oxygen atoms in total. The van der Waals surface area contributed by atoms with Crippen molar-refractivity contribution in [2.24, 2.45) is 51.8 Å². The molecule has 0 bridgehead atoms. The van der Waals surface area contributed by atoms with Crippen LogP contribution in [0.5, 0.6) is 0 Å². The number of hydrogen-bond acceptors (Lipinski definition) is 2. The minimum absolute atomic E-state index is 0.162. The zero-order chi connectivity index (χ0) is 24.2. The minimum atomic E-state index is -0.412. The molecule has 4 saturated carbocycles. The summed E-state index contributed by atoms with van der Waals surface area (Å²) in [6.07, 6.45) is 16.5. The highest BCUT2D eigenvalue weighted by Crippen LogP contribution is 2.74. The first-order valence-corrected chi connectivity index (χ1v) is 14.5. The van der Waals surface area contributed by atoms with Gasteiger partial charge in [0, 0.05) is 0 Å². The predicted molar refractivity (Wildman–Crippen MR) is 139 cm³/mol. The van der Waals surface area contributed by atoms with E-state index < -0.39 is 5.60 Å². The Kier molecular flexibility index (Phi) is 6.98. The van der Waals surface area contributed by atoms with E-state index in [0.29, 0.717) is 28.6 Å². The minimum Gasteiger partial charge on any atom is -0.393 e. The van der Waals surface area contributed by atoms with Crippen LogP contribution in [0.25, 0.3) is 0 Å². The summed E-state index contributed by atoms with van der Waals surface area (Å²) in [6, 6.07) is 0. The maximum Gasteiger partial charge on any atom is 0.0648 e. The quantitative estimate of drug-likeness (QED) is 0.382. The molecule has 4 rings (SSSR count). The third-order valence-electron chi connectivity index (χ3n) is 12.6. The summed E-state index contributed by atoms with van der Waals surface area (Å²) in [5.74, 6) is 4.02. The monoisotopic (exact) mass is 458 g/mol. The highest BCUT2D eigenvalue weighted by Gasteiger charge is 2.67. The van der Waals surface area contributed by atoms with Gasteiger partial charge < -0.3 is 10.2 Å². The van der Waals surface area contributed by atoms with Crippen LogP contribution in [0, 0.1) is 51.8 Å². The average molecular weight is 459 g/mol. The van der Waals surface area contributed by atoms with Crippen molar-refractivity contribution >= 4 is 0 Å². The molecule has 2 heteroatoms. The Hall–Kier alpha value is -0.340. The largest absolute Gasteiger partial charge is 0.393 e. The first kappa shape index (κ1) is 25.7. The van der Waals surface area contributed by atoms with E-state index in [9.17, 15) is 10.2 Å². The van der Waals surface area contributed by atoms with Crippen molar-refractivity contribution in [1.82, 2.24) is 0 Å². The van der Waals surface area contributed by atoms with E-state index in [4.69, 9.17) is 0 Å². The van der Waals surface area contributed by atoms with E-state index in [1.54, 1.807) is 0 Å². The molecule has 0 aromatic carbocycles. The summed E-state index contributed by atoms with van der Waals surface area (Å²) in [7, 11) is 0. The molecular formula is C31H54O2. The number of rotatable bonds is 7. The van der Waals surface area contributed by atoms with Crippen molar-refractivity contribution in [3.8, 4) is 0 Å². The second kappa shape index (κ2) is 8.95. The van der Waals surface area contributed by atoms with E-state index >= 15 is 0 Å². The van der Waals surface area contributed by atoms with Crippen molar-refractivity contribution in [1.29, 1.82) is 0 Å². The van der Waals surface area contributed by atoms with Crippen LogP contribution in [-0.4, -0.2) is 21.9 Å². The Labute approximate surface area is 205 Å². The maximum atomic E-state index is 11.1. The van der Waals surface area contributed by atoms with Gasteiger partial charge in [0.15, 0.2) is 0 Å². The van der Waals surface area contributed by atoms with Gasteiger partial charge >= 0.3 is 0 Å². The third-order valence-corrected chi connectivity index (χ3v) is 12.6. The van der Waals surface area contributed by atoms with E-state index in [2.05, 4.69) is 54.2 Å². The normalized spacial score (nSPS) is 49.1. The van der Waals surface area contributed by atoms with Crippen LogP contribution >= 0.6 is 0 Å². The van der Waals surface area contributed by atoms with Gasteiger partial charge in [-0.3, -0.25) is 0 Å². The van der Waals surface area contributed by atoms with E-state index in [-0.39, 0.29) is 11.5 Å². The fourth-order valence-corrected chi connectivity index (χ4v) is 10.1. The summed E-state index contributed by atoms with van der Waals surface area (Å²) < 4.78 is 0. The molecule has 0 aromatic heterocycles. The van der Waals surface area contributed by atoms with Crippen LogP contribution < -0.4 is 0 Å². The number of fused-ring (bicyclic) bond motifs is 5. The molecule has 0 spiro atoms. The summed E-state index contributed by atoms with van der Waals surface area (Å²) >= 11 is 0. The van der Waals surface area contributed by atoms with E-state index in [1.807, 2.05) is 0 Å². The molecule has 33 heavy (non-hydrogen) atoms. The van der Waals surface area contributed by atoms with Crippen LogP contribution in [-0.2, 0) is 0 Å². The average Bonchev–Trinajstić information content (AvgIpc) is 3.11.